The molecule has 0 radical (unpaired) electrons. The molecule has 0 bridgehead atoms. The lowest BCUT2D eigenvalue weighted by molar-refractivity contribution is -0.123. The number of carbonyl (C=O) groups is 2. The quantitative estimate of drug-likeness (QED) is 0.383. The molecule has 1 atom stereocenters. The zero-order valence-corrected chi connectivity index (χ0v) is 19.0. The Balaban J connectivity index is 1.65. The Morgan fingerprint density at radius 3 is 2.41 bits per heavy atom. The summed E-state index contributed by atoms with van der Waals surface area (Å²) in [6.07, 6.45) is -0.228. The molecule has 1 unspecified atom stereocenters. The highest BCUT2D eigenvalue weighted by atomic mass is 35.5. The Morgan fingerprint density at radius 1 is 1.00 bits per heavy atom. The molecular formula is C20H13Cl4N5O3. The molecule has 1 aromatic heterocycles. The molecule has 3 aromatic rings. The van der Waals surface area contributed by atoms with Gasteiger partial charge < -0.3 is 16.0 Å². The van der Waals surface area contributed by atoms with E-state index < -0.39 is 23.3 Å². The number of fused-ring (bicyclic) bond motifs is 1. The van der Waals surface area contributed by atoms with Gasteiger partial charge in [-0.1, -0.05) is 46.4 Å². The van der Waals surface area contributed by atoms with E-state index >= 15 is 0 Å². The predicted octanol–water partition coefficient (Wildman–Crippen LogP) is 5.19. The van der Waals surface area contributed by atoms with Crippen molar-refractivity contribution >= 4 is 81.4 Å². The van der Waals surface area contributed by atoms with Crippen molar-refractivity contribution in [2.45, 2.75) is 12.3 Å². The molecule has 4 N–H and O–H groups in total. The third kappa shape index (κ3) is 4.83. The van der Waals surface area contributed by atoms with E-state index in [4.69, 9.17) is 46.4 Å². The van der Waals surface area contributed by atoms with Crippen LogP contribution in [0.5, 0.6) is 0 Å². The average Bonchev–Trinajstić information content (AvgIpc) is 2.68. The number of hydrogen-bond donors (Lipinski definition) is 4. The summed E-state index contributed by atoms with van der Waals surface area (Å²) >= 11 is 24.0. The molecule has 164 valence electrons. The summed E-state index contributed by atoms with van der Waals surface area (Å²) in [5.74, 6) is -2.10. The van der Waals surface area contributed by atoms with Crippen molar-refractivity contribution in [3.8, 4) is 0 Å². The summed E-state index contributed by atoms with van der Waals surface area (Å²) in [7, 11) is 0. The molecule has 0 fully saturated rings. The molecule has 2 aromatic carbocycles. The maximum absolute atomic E-state index is 12.9. The predicted molar refractivity (Wildman–Crippen MR) is 126 cm³/mol. The number of aromatic nitrogens is 2. The number of aromatic amines is 1. The van der Waals surface area contributed by atoms with Crippen molar-refractivity contribution in [3.05, 3.63) is 72.4 Å². The number of nitrogens with zero attached hydrogens (tertiary/aromatic N) is 1. The number of amides is 2. The van der Waals surface area contributed by atoms with Gasteiger partial charge in [-0.05, 0) is 36.4 Å². The van der Waals surface area contributed by atoms with Crippen LogP contribution >= 0.6 is 46.4 Å². The van der Waals surface area contributed by atoms with E-state index in [1.807, 2.05) is 0 Å². The molecule has 8 nitrogen and oxygen atoms in total. The van der Waals surface area contributed by atoms with E-state index in [2.05, 4.69) is 25.9 Å². The number of anilines is 4. The van der Waals surface area contributed by atoms with Crippen LogP contribution < -0.4 is 21.5 Å². The molecule has 4 rings (SSSR count). The summed E-state index contributed by atoms with van der Waals surface area (Å²) in [5, 5.41) is 9.42. The fourth-order valence-corrected chi connectivity index (χ4v) is 4.21. The first-order valence-corrected chi connectivity index (χ1v) is 10.6. The largest absolute Gasteiger partial charge is 0.325 e. The maximum Gasteiger partial charge on any atom is 0.258 e. The molecule has 2 heterocycles. The highest BCUT2D eigenvalue weighted by Gasteiger charge is 2.35. The van der Waals surface area contributed by atoms with Crippen molar-refractivity contribution in [2.24, 2.45) is 0 Å². The van der Waals surface area contributed by atoms with Crippen LogP contribution in [0, 0.1) is 0 Å². The third-order valence-corrected chi connectivity index (χ3v) is 5.57. The summed E-state index contributed by atoms with van der Waals surface area (Å²) < 4.78 is 0. The lowest BCUT2D eigenvalue weighted by atomic mass is 9.92. The standard InChI is InChI=1S/C20H13Cl4N5O3/c21-8-1-2-14(13(24)6-8)26-20-28-17-16(19(32)29-20)12(7-15(30)27-17)18(31)25-11-4-9(22)3-10(23)5-11/h1-6,12H,7H2,(H,25,31)(H3,26,27,28,29,30,32). The van der Waals surface area contributed by atoms with Crippen molar-refractivity contribution in [3.63, 3.8) is 0 Å². The topological polar surface area (TPSA) is 116 Å². The molecule has 2 amide bonds. The van der Waals surface area contributed by atoms with Crippen molar-refractivity contribution in [2.75, 3.05) is 16.0 Å². The van der Waals surface area contributed by atoms with Crippen molar-refractivity contribution in [1.29, 1.82) is 0 Å². The highest BCUT2D eigenvalue weighted by molar-refractivity contribution is 6.36. The second-order valence-electron chi connectivity index (χ2n) is 6.88. The Bertz CT molecular complexity index is 1290. The van der Waals surface area contributed by atoms with Crippen LogP contribution in [0.2, 0.25) is 20.1 Å². The van der Waals surface area contributed by atoms with Crippen LogP contribution in [0.3, 0.4) is 0 Å². The molecule has 32 heavy (non-hydrogen) atoms. The normalized spacial score (nSPS) is 15.0. The molecule has 1 aliphatic heterocycles. The van der Waals surface area contributed by atoms with E-state index in [1.165, 1.54) is 24.3 Å². The molecule has 0 spiro atoms. The number of halogens is 4. The van der Waals surface area contributed by atoms with Gasteiger partial charge in [0, 0.05) is 27.2 Å². The number of rotatable bonds is 4. The molecule has 0 saturated carbocycles. The maximum atomic E-state index is 12.9. The zero-order chi connectivity index (χ0) is 23.0. The van der Waals surface area contributed by atoms with Gasteiger partial charge in [0.25, 0.3) is 5.56 Å². The highest BCUT2D eigenvalue weighted by Crippen LogP contribution is 2.32. The van der Waals surface area contributed by atoms with Crippen LogP contribution in [0.15, 0.2) is 41.2 Å². The summed E-state index contributed by atoms with van der Waals surface area (Å²) in [6.45, 7) is 0. The van der Waals surface area contributed by atoms with Gasteiger partial charge in [-0.15, -0.1) is 0 Å². The lowest BCUT2D eigenvalue weighted by Crippen LogP contribution is -2.36. The molecule has 0 saturated heterocycles. The van der Waals surface area contributed by atoms with E-state index in [-0.39, 0.29) is 23.8 Å². The minimum atomic E-state index is -1.07. The number of benzene rings is 2. The molecule has 1 aliphatic rings. The minimum Gasteiger partial charge on any atom is -0.325 e. The van der Waals surface area contributed by atoms with Gasteiger partial charge in [0.1, 0.15) is 5.82 Å². The van der Waals surface area contributed by atoms with Gasteiger partial charge in [-0.25, -0.2) is 0 Å². The molecule has 0 aliphatic carbocycles. The van der Waals surface area contributed by atoms with E-state index in [0.29, 0.717) is 31.5 Å². The minimum absolute atomic E-state index is 0.0261. The van der Waals surface area contributed by atoms with E-state index in [0.717, 1.165) is 0 Å². The Morgan fingerprint density at radius 2 is 1.72 bits per heavy atom. The molecular weight excluding hydrogens is 500 g/mol. The van der Waals surface area contributed by atoms with Crippen LogP contribution in [-0.4, -0.2) is 21.8 Å². The van der Waals surface area contributed by atoms with Crippen LogP contribution in [0.1, 0.15) is 17.9 Å². The summed E-state index contributed by atoms with van der Waals surface area (Å²) in [5.41, 5.74) is 0.211. The van der Waals surface area contributed by atoms with Gasteiger partial charge in [0.15, 0.2) is 0 Å². The number of H-pyrrole nitrogens is 1. The fraction of sp³-hybridized carbons (Fsp3) is 0.100. The first-order chi connectivity index (χ1) is 15.2. The Kier molecular flexibility index (Phi) is 6.30. The number of nitrogens with one attached hydrogen (secondary N) is 4. The first kappa shape index (κ1) is 22.4. The summed E-state index contributed by atoms with van der Waals surface area (Å²) in [4.78, 5) is 44.8. The third-order valence-electron chi connectivity index (χ3n) is 4.58. The SMILES string of the molecule is O=C1CC(C(=O)Nc2cc(Cl)cc(Cl)c2)c2c(nc(Nc3ccc(Cl)cc3Cl)[nH]c2=O)N1. The van der Waals surface area contributed by atoms with Crippen LogP contribution in [0.4, 0.5) is 23.1 Å². The van der Waals surface area contributed by atoms with E-state index in [9.17, 15) is 14.4 Å². The second kappa shape index (κ2) is 8.99. The van der Waals surface area contributed by atoms with Gasteiger partial charge in [-0.3, -0.25) is 19.4 Å². The van der Waals surface area contributed by atoms with Gasteiger partial charge in [0.05, 0.1) is 22.2 Å². The average molecular weight is 513 g/mol. The van der Waals surface area contributed by atoms with Gasteiger partial charge >= 0.3 is 0 Å². The van der Waals surface area contributed by atoms with Crippen LogP contribution in [-0.2, 0) is 9.59 Å². The summed E-state index contributed by atoms with van der Waals surface area (Å²) in [6, 6.07) is 9.25. The fourth-order valence-electron chi connectivity index (χ4n) is 3.23. The van der Waals surface area contributed by atoms with Crippen molar-refractivity contribution < 1.29 is 9.59 Å². The van der Waals surface area contributed by atoms with Crippen LogP contribution in [0.25, 0.3) is 0 Å². The van der Waals surface area contributed by atoms with E-state index in [1.54, 1.807) is 12.1 Å². The first-order valence-electron chi connectivity index (χ1n) is 9.12. The monoisotopic (exact) mass is 511 g/mol. The Hall–Kier alpha value is -2.78. The number of carbonyl (C=O) groups excluding carboxylic acids is 2. The number of hydrogen-bond acceptors (Lipinski definition) is 5. The van der Waals surface area contributed by atoms with Gasteiger partial charge in [-0.2, -0.15) is 4.98 Å². The smallest absolute Gasteiger partial charge is 0.258 e. The van der Waals surface area contributed by atoms with Gasteiger partial charge in [0.2, 0.25) is 17.8 Å². The van der Waals surface area contributed by atoms with Crippen molar-refractivity contribution in [1.82, 2.24) is 9.97 Å². The molecule has 12 heteroatoms. The second-order valence-corrected chi connectivity index (χ2v) is 8.59. The zero-order valence-electron chi connectivity index (χ0n) is 15.9. The lowest BCUT2D eigenvalue weighted by Gasteiger charge is -2.23. The Labute approximate surface area is 201 Å².